The highest BCUT2D eigenvalue weighted by Crippen LogP contribution is 2.35. The second kappa shape index (κ2) is 4.71. The molecule has 19 heavy (non-hydrogen) atoms. The molecule has 0 aliphatic carbocycles. The average Bonchev–Trinajstić information content (AvgIpc) is 2.93. The molecule has 0 amide bonds. The highest BCUT2D eigenvalue weighted by atomic mass is 32.1. The number of rotatable bonds is 2. The van der Waals surface area contributed by atoms with E-state index in [-0.39, 0.29) is 5.88 Å². The summed E-state index contributed by atoms with van der Waals surface area (Å²) < 4.78 is 2.39. The molecule has 0 aromatic carbocycles. The molecule has 2 aromatic rings. The first-order valence-corrected chi connectivity index (χ1v) is 7.06. The molecule has 0 spiro atoms. The van der Waals surface area contributed by atoms with Crippen LogP contribution in [-0.4, -0.2) is 20.9 Å². The number of allylic oxidation sites excluding steroid dienone is 1. The molecular formula is C13H11N3OS2. The lowest BCUT2D eigenvalue weighted by Crippen LogP contribution is -1.91. The maximum absolute atomic E-state index is 10.1. The third-order valence-corrected chi connectivity index (χ3v) is 4.34. The van der Waals surface area contributed by atoms with Crippen LogP contribution in [0.15, 0.2) is 23.5 Å². The lowest BCUT2D eigenvalue weighted by Gasteiger charge is -2.00. The summed E-state index contributed by atoms with van der Waals surface area (Å²) in [7, 11) is 0. The minimum atomic E-state index is 0.223. The number of hydrogen-bond donors (Lipinski definition) is 1. The van der Waals surface area contributed by atoms with Crippen molar-refractivity contribution in [3.05, 3.63) is 32.9 Å². The van der Waals surface area contributed by atoms with Crippen molar-refractivity contribution in [2.75, 3.05) is 0 Å². The Morgan fingerprint density at radius 3 is 3.11 bits per heavy atom. The zero-order valence-corrected chi connectivity index (χ0v) is 11.8. The highest BCUT2D eigenvalue weighted by Gasteiger charge is 2.14. The van der Waals surface area contributed by atoms with E-state index in [1.807, 2.05) is 19.1 Å². The lowest BCUT2D eigenvalue weighted by atomic mass is 10.1. The quantitative estimate of drug-likeness (QED) is 0.858. The molecular weight excluding hydrogens is 278 g/mol. The van der Waals surface area contributed by atoms with Crippen LogP contribution in [0.1, 0.15) is 17.4 Å². The molecule has 0 unspecified atom stereocenters. The Labute approximate surface area is 119 Å². The third-order valence-electron chi connectivity index (χ3n) is 2.95. The zero-order valence-electron chi connectivity index (χ0n) is 10.2. The summed E-state index contributed by atoms with van der Waals surface area (Å²) in [5, 5.41) is 10.1. The number of hydrogen-bond acceptors (Lipinski definition) is 5. The van der Waals surface area contributed by atoms with Crippen molar-refractivity contribution in [2.24, 2.45) is 4.99 Å². The van der Waals surface area contributed by atoms with Crippen LogP contribution in [0.3, 0.4) is 0 Å². The van der Waals surface area contributed by atoms with Crippen molar-refractivity contribution >= 4 is 47.1 Å². The normalized spacial score (nSPS) is 15.1. The van der Waals surface area contributed by atoms with E-state index in [0.717, 1.165) is 21.7 Å². The number of pyridine rings is 1. The number of fused-ring (bicyclic) bond motifs is 1. The van der Waals surface area contributed by atoms with Gasteiger partial charge in [0.2, 0.25) is 5.88 Å². The van der Waals surface area contributed by atoms with E-state index in [9.17, 15) is 5.11 Å². The van der Waals surface area contributed by atoms with E-state index in [4.69, 9.17) is 12.2 Å². The molecule has 0 bridgehead atoms. The fourth-order valence-electron chi connectivity index (χ4n) is 1.99. The van der Waals surface area contributed by atoms with Gasteiger partial charge < -0.3 is 5.11 Å². The summed E-state index contributed by atoms with van der Waals surface area (Å²) in [6, 6.07) is 1.92. The summed E-state index contributed by atoms with van der Waals surface area (Å²) in [5.74, 6) is 0.223. The van der Waals surface area contributed by atoms with Crippen LogP contribution in [-0.2, 0) is 6.54 Å². The number of thiazole rings is 1. The standard InChI is InChI=1S/C13H11N3OS2/c1-2-16-12(17)11(19-13(16)18)5-8-6-15-10-7-14-4-3-9(8)10/h3-7,17H,2H2,1H3. The van der Waals surface area contributed by atoms with Gasteiger partial charge in [-0.3, -0.25) is 14.5 Å². The molecule has 6 heteroatoms. The van der Waals surface area contributed by atoms with Crippen LogP contribution in [0, 0.1) is 3.95 Å². The second-order valence-corrected chi connectivity index (χ2v) is 5.73. The number of aromatic hydroxyl groups is 1. The minimum Gasteiger partial charge on any atom is -0.493 e. The Morgan fingerprint density at radius 1 is 1.53 bits per heavy atom. The Balaban J connectivity index is 2.10. The molecule has 4 nitrogen and oxygen atoms in total. The second-order valence-electron chi connectivity index (χ2n) is 4.05. The molecule has 3 rings (SSSR count). The van der Waals surface area contributed by atoms with Crippen LogP contribution in [0.2, 0.25) is 0 Å². The van der Waals surface area contributed by atoms with Gasteiger partial charge >= 0.3 is 0 Å². The average molecular weight is 289 g/mol. The van der Waals surface area contributed by atoms with Crippen LogP contribution in [0.5, 0.6) is 5.88 Å². The smallest absolute Gasteiger partial charge is 0.210 e. The Morgan fingerprint density at radius 2 is 2.37 bits per heavy atom. The summed E-state index contributed by atoms with van der Waals surface area (Å²) in [6.45, 7) is 2.62. The fraction of sp³-hybridized carbons (Fsp3) is 0.154. The number of nitrogens with zero attached hydrogens (tertiary/aromatic N) is 3. The molecule has 1 aliphatic rings. The van der Waals surface area contributed by atoms with Crippen LogP contribution in [0.25, 0.3) is 11.6 Å². The SMILES string of the molecule is CCn1c(O)c(C=C2C=Nc3cnccc32)sc1=S. The van der Waals surface area contributed by atoms with Crippen molar-refractivity contribution < 1.29 is 5.11 Å². The molecule has 3 heterocycles. The van der Waals surface area contributed by atoms with E-state index >= 15 is 0 Å². The van der Waals surface area contributed by atoms with Crippen LogP contribution >= 0.6 is 23.6 Å². The predicted molar refractivity (Wildman–Crippen MR) is 80.7 cm³/mol. The first kappa shape index (κ1) is 12.3. The molecule has 2 aromatic heterocycles. The monoisotopic (exact) mass is 289 g/mol. The van der Waals surface area contributed by atoms with E-state index in [2.05, 4.69) is 9.98 Å². The molecule has 0 saturated carbocycles. The Kier molecular flexibility index (Phi) is 3.04. The van der Waals surface area contributed by atoms with Gasteiger partial charge in [0.25, 0.3) is 0 Å². The molecule has 0 fully saturated rings. The van der Waals surface area contributed by atoms with Gasteiger partial charge in [-0.1, -0.05) is 0 Å². The van der Waals surface area contributed by atoms with Gasteiger partial charge in [0, 0.05) is 30.1 Å². The van der Waals surface area contributed by atoms with Crippen molar-refractivity contribution in [3.8, 4) is 5.88 Å². The fourth-order valence-corrected chi connectivity index (χ4v) is 3.37. The minimum absolute atomic E-state index is 0.223. The lowest BCUT2D eigenvalue weighted by molar-refractivity contribution is 0.419. The maximum atomic E-state index is 10.1. The zero-order chi connectivity index (χ0) is 13.4. The first-order chi connectivity index (χ1) is 9.20. The molecule has 0 saturated heterocycles. The predicted octanol–water partition coefficient (Wildman–Crippen LogP) is 3.66. The molecule has 1 aliphatic heterocycles. The maximum Gasteiger partial charge on any atom is 0.210 e. The topological polar surface area (TPSA) is 50.4 Å². The van der Waals surface area contributed by atoms with E-state index in [0.29, 0.717) is 10.5 Å². The van der Waals surface area contributed by atoms with Gasteiger partial charge in [0.1, 0.15) is 0 Å². The van der Waals surface area contributed by atoms with E-state index in [1.165, 1.54) is 11.3 Å². The summed E-state index contributed by atoms with van der Waals surface area (Å²) in [6.07, 6.45) is 7.16. The van der Waals surface area contributed by atoms with Crippen molar-refractivity contribution in [1.82, 2.24) is 9.55 Å². The molecule has 0 radical (unpaired) electrons. The molecule has 96 valence electrons. The van der Waals surface area contributed by atoms with Crippen molar-refractivity contribution in [2.45, 2.75) is 13.5 Å². The number of aliphatic imine (C=N–C) groups is 1. The molecule has 0 atom stereocenters. The van der Waals surface area contributed by atoms with Crippen LogP contribution in [0.4, 0.5) is 5.69 Å². The Bertz CT molecular complexity index is 755. The van der Waals surface area contributed by atoms with E-state index < -0.39 is 0 Å². The van der Waals surface area contributed by atoms with Gasteiger partial charge in [-0.2, -0.15) is 0 Å². The van der Waals surface area contributed by atoms with Crippen molar-refractivity contribution in [1.29, 1.82) is 0 Å². The van der Waals surface area contributed by atoms with Crippen LogP contribution < -0.4 is 0 Å². The van der Waals surface area contributed by atoms with E-state index in [1.54, 1.807) is 23.2 Å². The highest BCUT2D eigenvalue weighted by molar-refractivity contribution is 7.73. The summed E-state index contributed by atoms with van der Waals surface area (Å²) in [5.41, 5.74) is 2.84. The van der Waals surface area contributed by atoms with Crippen molar-refractivity contribution in [3.63, 3.8) is 0 Å². The van der Waals surface area contributed by atoms with Gasteiger partial charge in [-0.15, -0.1) is 11.3 Å². The van der Waals surface area contributed by atoms with Gasteiger partial charge in [0.15, 0.2) is 3.95 Å². The Hall–Kier alpha value is -1.79. The van der Waals surface area contributed by atoms with Gasteiger partial charge in [-0.05, 0) is 31.3 Å². The molecule has 1 N–H and O–H groups in total. The van der Waals surface area contributed by atoms with Gasteiger partial charge in [0.05, 0.1) is 16.8 Å². The third kappa shape index (κ3) is 2.02. The summed E-state index contributed by atoms with van der Waals surface area (Å²) in [4.78, 5) is 9.09. The number of aromatic nitrogens is 2. The van der Waals surface area contributed by atoms with Gasteiger partial charge in [-0.25, -0.2) is 0 Å². The largest absolute Gasteiger partial charge is 0.493 e. The first-order valence-electron chi connectivity index (χ1n) is 5.83. The summed E-state index contributed by atoms with van der Waals surface area (Å²) >= 11 is 6.63.